The molecule has 4 rings (SSSR count). The maximum absolute atomic E-state index is 14.1. The number of rotatable bonds is 3. The molecule has 0 aromatic carbocycles. The van der Waals surface area contributed by atoms with Crippen molar-refractivity contribution in [2.45, 2.75) is 68.7 Å². The van der Waals surface area contributed by atoms with Crippen molar-refractivity contribution < 1.29 is 24.2 Å². The van der Waals surface area contributed by atoms with E-state index in [0.29, 0.717) is 19.6 Å². The minimum atomic E-state index is -0.875. The molecule has 0 aromatic rings. The van der Waals surface area contributed by atoms with Gasteiger partial charge in [-0.15, -0.1) is 11.8 Å². The second-order valence-corrected chi connectivity index (χ2v) is 12.0. The number of likely N-dealkylation sites (tertiary alicyclic amines) is 1. The Hall–Kier alpha value is -1.80. The van der Waals surface area contributed by atoms with Gasteiger partial charge in [0.1, 0.15) is 6.04 Å². The van der Waals surface area contributed by atoms with E-state index in [-0.39, 0.29) is 35.6 Å². The van der Waals surface area contributed by atoms with Crippen LogP contribution in [-0.2, 0) is 19.1 Å². The van der Waals surface area contributed by atoms with Crippen molar-refractivity contribution in [1.29, 1.82) is 0 Å². The van der Waals surface area contributed by atoms with Crippen LogP contribution in [0.5, 0.6) is 0 Å². The van der Waals surface area contributed by atoms with Gasteiger partial charge in [-0.2, -0.15) is 0 Å². The Kier molecular flexibility index (Phi) is 5.99. The standard InChI is InChI=1S/C24H34N2O5S/c1-14(2)15(13-27)26-19-21(29)25(23(3,4)5)11-8-10-24(19)18(20(26)28)17-16(32-24)9-6-7-12-31-22(17)30/h6,8-10,14-19,27H,7,11-13H2,1-5H3/t15-,16-,17+,18-,19?,24-/m0/s1. The lowest BCUT2D eigenvalue weighted by molar-refractivity contribution is -0.154. The van der Waals surface area contributed by atoms with Crippen LogP contribution in [0, 0.1) is 17.8 Å². The minimum Gasteiger partial charge on any atom is -0.465 e. The summed E-state index contributed by atoms with van der Waals surface area (Å²) < 4.78 is 4.61. The summed E-state index contributed by atoms with van der Waals surface area (Å²) >= 11 is 1.53. The number of carbonyl (C=O) groups excluding carboxylic acids is 3. The number of aliphatic hydroxyl groups excluding tert-OH is 1. The molecule has 6 atom stereocenters. The molecule has 1 unspecified atom stereocenters. The third-order valence-electron chi connectivity index (χ3n) is 7.18. The minimum absolute atomic E-state index is 0.0482. The fourth-order valence-electron chi connectivity index (χ4n) is 5.63. The smallest absolute Gasteiger partial charge is 0.311 e. The first kappa shape index (κ1) is 23.4. The molecular weight excluding hydrogens is 428 g/mol. The van der Waals surface area contributed by atoms with E-state index in [0.717, 1.165) is 0 Å². The fraction of sp³-hybridized carbons (Fsp3) is 0.708. The lowest BCUT2D eigenvalue weighted by Gasteiger charge is -2.43. The Morgan fingerprint density at radius 2 is 1.94 bits per heavy atom. The van der Waals surface area contributed by atoms with E-state index in [1.165, 1.54) is 11.8 Å². The zero-order valence-corrected chi connectivity index (χ0v) is 20.3. The summed E-state index contributed by atoms with van der Waals surface area (Å²) in [5.41, 5.74) is -0.434. The lowest BCUT2D eigenvalue weighted by atomic mass is 9.78. The van der Waals surface area contributed by atoms with Gasteiger partial charge in [-0.25, -0.2) is 0 Å². The number of carbonyl (C=O) groups is 3. The first-order valence-corrected chi connectivity index (χ1v) is 12.4. The maximum atomic E-state index is 14.1. The number of nitrogens with zero attached hydrogens (tertiary/aromatic N) is 2. The van der Waals surface area contributed by atoms with E-state index in [4.69, 9.17) is 4.74 Å². The third kappa shape index (κ3) is 3.41. The Balaban J connectivity index is 1.90. The molecule has 2 amide bonds. The molecule has 8 heteroatoms. The van der Waals surface area contributed by atoms with Gasteiger partial charge in [0.2, 0.25) is 11.8 Å². The number of esters is 1. The number of hydrogen-bond donors (Lipinski definition) is 1. The van der Waals surface area contributed by atoms with Gasteiger partial charge in [-0.05, 0) is 33.1 Å². The fourth-order valence-corrected chi connectivity index (χ4v) is 7.62. The summed E-state index contributed by atoms with van der Waals surface area (Å²) in [5, 5.41) is 10.00. The second-order valence-electron chi connectivity index (χ2n) is 10.5. The van der Waals surface area contributed by atoms with Crippen molar-refractivity contribution in [3.8, 4) is 0 Å². The van der Waals surface area contributed by atoms with Crippen LogP contribution in [0.4, 0.5) is 0 Å². The normalized spacial score (nSPS) is 35.8. The van der Waals surface area contributed by atoms with Crippen LogP contribution < -0.4 is 0 Å². The summed E-state index contributed by atoms with van der Waals surface area (Å²) in [6.45, 7) is 10.3. The third-order valence-corrected chi connectivity index (χ3v) is 8.93. The monoisotopic (exact) mass is 462 g/mol. The lowest BCUT2D eigenvalue weighted by Crippen LogP contribution is -2.60. The van der Waals surface area contributed by atoms with Crippen molar-refractivity contribution in [3.63, 3.8) is 0 Å². The van der Waals surface area contributed by atoms with E-state index >= 15 is 0 Å². The molecule has 1 N–H and O–H groups in total. The Morgan fingerprint density at radius 3 is 2.56 bits per heavy atom. The van der Waals surface area contributed by atoms with Gasteiger partial charge in [-0.3, -0.25) is 14.4 Å². The quantitative estimate of drug-likeness (QED) is 0.510. The van der Waals surface area contributed by atoms with Crippen molar-refractivity contribution in [2.24, 2.45) is 17.8 Å². The Labute approximate surface area is 194 Å². The maximum Gasteiger partial charge on any atom is 0.311 e. The largest absolute Gasteiger partial charge is 0.465 e. The number of amides is 2. The summed E-state index contributed by atoms with van der Waals surface area (Å²) in [5.74, 6) is -2.13. The van der Waals surface area contributed by atoms with E-state index in [1.54, 1.807) is 9.80 Å². The second kappa shape index (κ2) is 8.20. The number of ether oxygens (including phenoxy) is 1. The zero-order valence-electron chi connectivity index (χ0n) is 19.5. The van der Waals surface area contributed by atoms with Crippen molar-refractivity contribution in [1.82, 2.24) is 9.80 Å². The SMILES string of the molecule is CC(C)[C@H](CO)N1C(=O)[C@@H]2[C@@H]3C(=O)OCCC=C[C@@H]3S[C@@]23C=CCN(C(C)(C)C)C(=O)C13. The molecule has 7 nitrogen and oxygen atoms in total. The molecular formula is C24H34N2O5S. The van der Waals surface area contributed by atoms with E-state index in [9.17, 15) is 19.5 Å². The number of aliphatic hydroxyl groups is 1. The molecule has 0 saturated carbocycles. The Morgan fingerprint density at radius 1 is 1.22 bits per heavy atom. The molecule has 0 radical (unpaired) electrons. The molecule has 0 bridgehead atoms. The van der Waals surface area contributed by atoms with E-state index < -0.39 is 34.2 Å². The van der Waals surface area contributed by atoms with Crippen LogP contribution in [-0.4, -0.2) is 80.1 Å². The Bertz CT molecular complexity index is 863. The van der Waals surface area contributed by atoms with Gasteiger partial charge in [0.05, 0.1) is 35.8 Å². The van der Waals surface area contributed by atoms with Crippen LogP contribution >= 0.6 is 11.8 Å². The van der Waals surface area contributed by atoms with E-state index in [2.05, 4.69) is 0 Å². The molecule has 32 heavy (non-hydrogen) atoms. The highest BCUT2D eigenvalue weighted by atomic mass is 32.2. The first-order chi connectivity index (χ1) is 15.0. The van der Waals surface area contributed by atoms with Gasteiger partial charge < -0.3 is 19.6 Å². The van der Waals surface area contributed by atoms with Crippen LogP contribution in [0.1, 0.15) is 41.0 Å². The summed E-state index contributed by atoms with van der Waals surface area (Å²) in [6, 6.07) is -1.29. The van der Waals surface area contributed by atoms with Crippen LogP contribution in [0.2, 0.25) is 0 Å². The molecule has 0 aliphatic carbocycles. The molecule has 0 aromatic heterocycles. The zero-order chi connectivity index (χ0) is 23.4. The number of cyclic esters (lactones) is 1. The molecule has 4 aliphatic rings. The number of hydrogen-bond acceptors (Lipinski definition) is 6. The van der Waals surface area contributed by atoms with Crippen molar-refractivity contribution >= 4 is 29.5 Å². The van der Waals surface area contributed by atoms with Crippen molar-refractivity contribution in [2.75, 3.05) is 19.8 Å². The van der Waals surface area contributed by atoms with E-state index in [1.807, 2.05) is 58.9 Å². The van der Waals surface area contributed by atoms with Crippen LogP contribution in [0.3, 0.4) is 0 Å². The van der Waals surface area contributed by atoms with Crippen molar-refractivity contribution in [3.05, 3.63) is 24.3 Å². The first-order valence-electron chi connectivity index (χ1n) is 11.5. The predicted molar refractivity (Wildman–Crippen MR) is 123 cm³/mol. The van der Waals surface area contributed by atoms with Gasteiger partial charge >= 0.3 is 5.97 Å². The highest BCUT2D eigenvalue weighted by Gasteiger charge is 2.72. The topological polar surface area (TPSA) is 87.2 Å². The molecule has 2 saturated heterocycles. The van der Waals surface area contributed by atoms with Gasteiger partial charge in [-0.1, -0.05) is 38.2 Å². The molecule has 4 heterocycles. The highest BCUT2D eigenvalue weighted by molar-refractivity contribution is 8.02. The average molecular weight is 463 g/mol. The molecule has 176 valence electrons. The summed E-state index contributed by atoms with van der Waals surface area (Å²) in [4.78, 5) is 44.6. The van der Waals surface area contributed by atoms with Gasteiger partial charge in [0.15, 0.2) is 0 Å². The van der Waals surface area contributed by atoms with Gasteiger partial charge in [0.25, 0.3) is 0 Å². The predicted octanol–water partition coefficient (Wildman–Crippen LogP) is 2.00. The molecule has 1 spiro atoms. The number of fused-ring (bicyclic) bond motifs is 2. The number of thioether (sulfide) groups is 1. The highest BCUT2D eigenvalue weighted by Crippen LogP contribution is 2.61. The average Bonchev–Trinajstić information content (AvgIpc) is 3.06. The molecule has 4 aliphatic heterocycles. The van der Waals surface area contributed by atoms with Gasteiger partial charge in [0, 0.05) is 17.3 Å². The van der Waals surface area contributed by atoms with Crippen LogP contribution in [0.15, 0.2) is 24.3 Å². The van der Waals surface area contributed by atoms with Crippen LogP contribution in [0.25, 0.3) is 0 Å². The molecule has 2 fully saturated rings. The summed E-state index contributed by atoms with van der Waals surface area (Å²) in [6.07, 6.45) is 8.62. The summed E-state index contributed by atoms with van der Waals surface area (Å²) in [7, 11) is 0.